The summed E-state index contributed by atoms with van der Waals surface area (Å²) in [5, 5.41) is 3.36. The van der Waals surface area contributed by atoms with Crippen molar-refractivity contribution in [3.05, 3.63) is 53.9 Å². The van der Waals surface area contributed by atoms with E-state index in [2.05, 4.69) is 16.4 Å². The Bertz CT molecular complexity index is 521. The number of anilines is 1. The Labute approximate surface area is 114 Å². The molecule has 0 bridgehead atoms. The van der Waals surface area contributed by atoms with Crippen molar-refractivity contribution in [1.29, 1.82) is 0 Å². The van der Waals surface area contributed by atoms with Gasteiger partial charge in [-0.2, -0.15) is 0 Å². The Morgan fingerprint density at radius 3 is 2.63 bits per heavy atom. The number of aryl methyl sites for hydroxylation is 1. The number of hydrogen-bond acceptors (Lipinski definition) is 3. The van der Waals surface area contributed by atoms with Crippen molar-refractivity contribution in [3.8, 4) is 5.75 Å². The van der Waals surface area contributed by atoms with Gasteiger partial charge in [-0.3, -0.25) is 4.98 Å². The summed E-state index contributed by atoms with van der Waals surface area (Å²) in [5.74, 6) is 0.935. The van der Waals surface area contributed by atoms with Crippen LogP contribution in [0.3, 0.4) is 0 Å². The highest BCUT2D eigenvalue weighted by Crippen LogP contribution is 2.20. The fourth-order valence-corrected chi connectivity index (χ4v) is 1.79. The predicted octanol–water partition coefficient (Wildman–Crippen LogP) is 3.79. The number of nitrogens with one attached hydrogen (secondary N) is 1. The average Bonchev–Trinajstić information content (AvgIpc) is 2.39. The molecule has 0 saturated heterocycles. The maximum absolute atomic E-state index is 5.80. The van der Waals surface area contributed by atoms with Crippen molar-refractivity contribution >= 4 is 5.69 Å². The minimum absolute atomic E-state index is 0.183. The van der Waals surface area contributed by atoms with Crippen LogP contribution in [0.1, 0.15) is 25.1 Å². The molecule has 0 spiro atoms. The summed E-state index contributed by atoms with van der Waals surface area (Å²) in [6, 6.07) is 12.1. The van der Waals surface area contributed by atoms with Crippen LogP contribution in [0.25, 0.3) is 0 Å². The molecule has 0 unspecified atom stereocenters. The van der Waals surface area contributed by atoms with Crippen molar-refractivity contribution in [2.75, 3.05) is 5.32 Å². The predicted molar refractivity (Wildman–Crippen MR) is 78.5 cm³/mol. The molecule has 0 aliphatic rings. The van der Waals surface area contributed by atoms with Crippen LogP contribution in [0.15, 0.2) is 42.6 Å². The van der Waals surface area contributed by atoms with Gasteiger partial charge in [-0.1, -0.05) is 18.2 Å². The SMILES string of the molecule is Cc1ccc(NCc2ccccc2OC(C)C)cn1. The van der Waals surface area contributed by atoms with E-state index in [1.54, 1.807) is 0 Å². The average molecular weight is 256 g/mol. The Hall–Kier alpha value is -2.03. The van der Waals surface area contributed by atoms with Crippen LogP contribution >= 0.6 is 0 Å². The van der Waals surface area contributed by atoms with Crippen LogP contribution in [0.5, 0.6) is 5.75 Å². The third kappa shape index (κ3) is 3.98. The lowest BCUT2D eigenvalue weighted by Crippen LogP contribution is -2.09. The third-order valence-electron chi connectivity index (χ3n) is 2.73. The topological polar surface area (TPSA) is 34.1 Å². The highest BCUT2D eigenvalue weighted by molar-refractivity contribution is 5.43. The molecule has 0 saturated carbocycles. The Morgan fingerprint density at radius 2 is 1.95 bits per heavy atom. The van der Waals surface area contributed by atoms with Crippen LogP contribution in [0.4, 0.5) is 5.69 Å². The van der Waals surface area contributed by atoms with Gasteiger partial charge in [0.1, 0.15) is 5.75 Å². The second-order valence-corrected chi connectivity index (χ2v) is 4.82. The number of hydrogen-bond donors (Lipinski definition) is 1. The molecule has 0 aliphatic heterocycles. The van der Waals surface area contributed by atoms with E-state index < -0.39 is 0 Å². The first kappa shape index (κ1) is 13.4. The first-order valence-electron chi connectivity index (χ1n) is 6.56. The zero-order valence-corrected chi connectivity index (χ0v) is 11.7. The van der Waals surface area contributed by atoms with Gasteiger partial charge in [0.2, 0.25) is 0 Å². The molecule has 1 aromatic heterocycles. The third-order valence-corrected chi connectivity index (χ3v) is 2.73. The van der Waals surface area contributed by atoms with Crippen LogP contribution < -0.4 is 10.1 Å². The second-order valence-electron chi connectivity index (χ2n) is 4.82. The largest absolute Gasteiger partial charge is 0.491 e. The van der Waals surface area contributed by atoms with Gasteiger partial charge < -0.3 is 10.1 Å². The van der Waals surface area contributed by atoms with E-state index in [1.807, 2.05) is 57.3 Å². The molecule has 1 N–H and O–H groups in total. The molecular formula is C16H20N2O. The van der Waals surface area contributed by atoms with Crippen molar-refractivity contribution in [3.63, 3.8) is 0 Å². The monoisotopic (exact) mass is 256 g/mol. The Morgan fingerprint density at radius 1 is 1.16 bits per heavy atom. The van der Waals surface area contributed by atoms with Gasteiger partial charge in [0.25, 0.3) is 0 Å². The van der Waals surface area contributed by atoms with E-state index in [-0.39, 0.29) is 6.10 Å². The second kappa shape index (κ2) is 6.23. The summed E-state index contributed by atoms with van der Waals surface area (Å²) >= 11 is 0. The molecule has 0 radical (unpaired) electrons. The van der Waals surface area contributed by atoms with E-state index in [4.69, 9.17) is 4.74 Å². The van der Waals surface area contributed by atoms with Gasteiger partial charge in [0.05, 0.1) is 18.0 Å². The summed E-state index contributed by atoms with van der Waals surface area (Å²) in [5.41, 5.74) is 3.19. The number of nitrogens with zero attached hydrogens (tertiary/aromatic N) is 1. The number of pyridine rings is 1. The fraction of sp³-hybridized carbons (Fsp3) is 0.312. The summed E-state index contributed by atoms with van der Waals surface area (Å²) in [6.45, 7) is 6.78. The standard InChI is InChI=1S/C16H20N2O/c1-12(2)19-16-7-5-4-6-14(16)10-18-15-9-8-13(3)17-11-15/h4-9,11-12,18H,10H2,1-3H3. The molecule has 0 atom stereocenters. The lowest BCUT2D eigenvalue weighted by Gasteiger charge is -2.15. The molecule has 3 nitrogen and oxygen atoms in total. The van der Waals surface area contributed by atoms with Gasteiger partial charge in [0, 0.05) is 17.8 Å². The minimum Gasteiger partial charge on any atom is -0.491 e. The van der Waals surface area contributed by atoms with Gasteiger partial charge in [-0.25, -0.2) is 0 Å². The molecule has 0 aliphatic carbocycles. The molecule has 19 heavy (non-hydrogen) atoms. The molecule has 2 aromatic rings. The van der Waals surface area contributed by atoms with Crippen LogP contribution in [0, 0.1) is 6.92 Å². The smallest absolute Gasteiger partial charge is 0.124 e. The number of rotatable bonds is 5. The number of para-hydroxylation sites is 1. The molecule has 3 heteroatoms. The first-order valence-corrected chi connectivity index (χ1v) is 6.56. The Balaban J connectivity index is 2.04. The van der Waals surface area contributed by atoms with Crippen molar-refractivity contribution in [2.45, 2.75) is 33.4 Å². The van der Waals surface area contributed by atoms with Gasteiger partial charge >= 0.3 is 0 Å². The quantitative estimate of drug-likeness (QED) is 0.883. The summed E-state index contributed by atoms with van der Waals surface area (Å²) in [7, 11) is 0. The highest BCUT2D eigenvalue weighted by atomic mass is 16.5. The van der Waals surface area contributed by atoms with Gasteiger partial charge in [-0.05, 0) is 39.0 Å². The van der Waals surface area contributed by atoms with Crippen molar-refractivity contribution in [2.24, 2.45) is 0 Å². The highest BCUT2D eigenvalue weighted by Gasteiger charge is 2.04. The molecular weight excluding hydrogens is 236 g/mol. The maximum Gasteiger partial charge on any atom is 0.124 e. The molecule has 100 valence electrons. The lowest BCUT2D eigenvalue weighted by atomic mass is 10.2. The van der Waals surface area contributed by atoms with E-state index >= 15 is 0 Å². The van der Waals surface area contributed by atoms with E-state index in [1.165, 1.54) is 0 Å². The summed E-state index contributed by atoms with van der Waals surface area (Å²) < 4.78 is 5.80. The molecule has 0 fully saturated rings. The Kier molecular flexibility index (Phi) is 4.39. The summed E-state index contributed by atoms with van der Waals surface area (Å²) in [6.07, 6.45) is 2.03. The number of benzene rings is 1. The zero-order valence-electron chi connectivity index (χ0n) is 11.7. The van der Waals surface area contributed by atoms with Crippen LogP contribution in [-0.4, -0.2) is 11.1 Å². The molecule has 1 heterocycles. The van der Waals surface area contributed by atoms with Crippen molar-refractivity contribution in [1.82, 2.24) is 4.98 Å². The van der Waals surface area contributed by atoms with Crippen molar-refractivity contribution < 1.29 is 4.74 Å². The summed E-state index contributed by atoms with van der Waals surface area (Å²) in [4.78, 5) is 4.27. The normalized spacial score (nSPS) is 10.5. The van der Waals surface area contributed by atoms with Gasteiger partial charge in [0.15, 0.2) is 0 Å². The van der Waals surface area contributed by atoms with Crippen LogP contribution in [0.2, 0.25) is 0 Å². The number of aromatic nitrogens is 1. The van der Waals surface area contributed by atoms with E-state index in [9.17, 15) is 0 Å². The molecule has 0 amide bonds. The molecule has 2 rings (SSSR count). The maximum atomic E-state index is 5.80. The fourth-order valence-electron chi connectivity index (χ4n) is 1.79. The van der Waals surface area contributed by atoms with E-state index in [0.29, 0.717) is 0 Å². The van der Waals surface area contributed by atoms with E-state index in [0.717, 1.165) is 29.2 Å². The minimum atomic E-state index is 0.183. The van der Waals surface area contributed by atoms with Crippen LogP contribution in [-0.2, 0) is 6.54 Å². The zero-order chi connectivity index (χ0) is 13.7. The van der Waals surface area contributed by atoms with Gasteiger partial charge in [-0.15, -0.1) is 0 Å². The first-order chi connectivity index (χ1) is 9.15. The lowest BCUT2D eigenvalue weighted by molar-refractivity contribution is 0.240. The molecule has 1 aromatic carbocycles. The number of ether oxygens (including phenoxy) is 1.